The Morgan fingerprint density at radius 2 is 2.03 bits per heavy atom. The van der Waals surface area contributed by atoms with E-state index in [0.717, 1.165) is 16.7 Å². The third kappa shape index (κ3) is 4.92. The van der Waals surface area contributed by atoms with Crippen LogP contribution < -0.4 is 11.1 Å². The molecule has 1 saturated heterocycles. The van der Waals surface area contributed by atoms with Gasteiger partial charge in [-0.25, -0.2) is 9.48 Å². The standard InChI is InChI=1S/C21H23N7O8S2/c1-35-13(30)7-27-20(24-25-26-27)38-9-11-8-37-19-21(36-2,18(34)28(19)15(11)17(32)33)23-16(31)14(22)10-3-5-12(29)6-4-10/h3-6,14,19,29H,7-9,22H2,1-2H3,(H,23,31)(H,32,33)/t14?,19-,21-/m0/s1. The highest BCUT2D eigenvalue weighted by Gasteiger charge is 2.66. The number of carbonyl (C=O) groups excluding carboxylic acids is 3. The highest BCUT2D eigenvalue weighted by Crippen LogP contribution is 2.47. The SMILES string of the molecule is COC(=O)Cn1nnnc1SCC1=C(C(=O)O)N2C(=O)[C@](NC(=O)C(N)c3ccc(O)cc3)(OC)[C@@H]2SC1. The molecule has 1 fully saturated rings. The molecule has 2 aliphatic heterocycles. The number of thioether (sulfide) groups is 2. The maximum atomic E-state index is 13.3. The van der Waals surface area contributed by atoms with Crippen LogP contribution in [0.5, 0.6) is 5.75 Å². The van der Waals surface area contributed by atoms with Crippen molar-refractivity contribution in [3.63, 3.8) is 0 Å². The first-order chi connectivity index (χ1) is 18.1. The number of rotatable bonds is 10. The summed E-state index contributed by atoms with van der Waals surface area (Å²) in [6, 6.07) is 4.52. The molecule has 0 aliphatic carbocycles. The lowest BCUT2D eigenvalue weighted by atomic mass is 9.97. The number of tetrazole rings is 1. The number of carbonyl (C=O) groups is 4. The third-order valence-electron chi connectivity index (χ3n) is 5.86. The summed E-state index contributed by atoms with van der Waals surface area (Å²) in [6.07, 6.45) is 0. The first-order valence-corrected chi connectivity index (χ1v) is 12.9. The Labute approximate surface area is 223 Å². The number of nitrogens with zero attached hydrogens (tertiary/aromatic N) is 5. The number of methoxy groups -OCH3 is 2. The van der Waals surface area contributed by atoms with Gasteiger partial charge in [-0.1, -0.05) is 23.9 Å². The van der Waals surface area contributed by atoms with Crippen LogP contribution in [0, 0.1) is 0 Å². The molecule has 1 aromatic heterocycles. The molecule has 17 heteroatoms. The van der Waals surface area contributed by atoms with Gasteiger partial charge in [0, 0.05) is 18.6 Å². The molecule has 0 bridgehead atoms. The van der Waals surface area contributed by atoms with E-state index >= 15 is 0 Å². The molecule has 38 heavy (non-hydrogen) atoms. The summed E-state index contributed by atoms with van der Waals surface area (Å²) < 4.78 is 11.3. The number of hydrogen-bond donors (Lipinski definition) is 4. The van der Waals surface area contributed by atoms with Crippen molar-refractivity contribution >= 4 is 47.3 Å². The molecule has 5 N–H and O–H groups in total. The van der Waals surface area contributed by atoms with Gasteiger partial charge in [-0.3, -0.25) is 19.3 Å². The third-order valence-corrected chi connectivity index (χ3v) is 8.28. The topological polar surface area (TPSA) is 212 Å². The van der Waals surface area contributed by atoms with Gasteiger partial charge in [0.05, 0.1) is 7.11 Å². The van der Waals surface area contributed by atoms with E-state index in [1.165, 1.54) is 54.9 Å². The largest absolute Gasteiger partial charge is 0.508 e. The van der Waals surface area contributed by atoms with Crippen LogP contribution in [-0.4, -0.2) is 95.9 Å². The Morgan fingerprint density at radius 3 is 2.66 bits per heavy atom. The van der Waals surface area contributed by atoms with Crippen molar-refractivity contribution in [3.8, 4) is 5.75 Å². The molecule has 4 rings (SSSR count). The number of carboxylic acids is 1. The van der Waals surface area contributed by atoms with E-state index in [1.807, 2.05) is 0 Å². The molecular weight excluding hydrogens is 542 g/mol. The van der Waals surface area contributed by atoms with E-state index in [-0.39, 0.29) is 34.7 Å². The minimum atomic E-state index is -1.82. The summed E-state index contributed by atoms with van der Waals surface area (Å²) in [7, 11) is 2.46. The number of nitrogens with two attached hydrogens (primary N) is 1. The van der Waals surface area contributed by atoms with Gasteiger partial charge in [0.15, 0.2) is 0 Å². The number of esters is 1. The Kier molecular flexibility index (Phi) is 7.91. The number of carboxylic acid groups (broad SMARTS) is 1. The smallest absolute Gasteiger partial charge is 0.352 e. The second-order valence-electron chi connectivity index (χ2n) is 8.08. The van der Waals surface area contributed by atoms with Gasteiger partial charge in [-0.15, -0.1) is 16.9 Å². The number of aromatic nitrogens is 4. The molecule has 0 spiro atoms. The van der Waals surface area contributed by atoms with Crippen molar-refractivity contribution in [3.05, 3.63) is 41.1 Å². The lowest BCUT2D eigenvalue weighted by molar-refractivity contribution is -0.192. The van der Waals surface area contributed by atoms with Crippen molar-refractivity contribution in [1.29, 1.82) is 0 Å². The van der Waals surface area contributed by atoms with E-state index in [0.29, 0.717) is 11.1 Å². The predicted molar refractivity (Wildman–Crippen MR) is 131 cm³/mol. The van der Waals surface area contributed by atoms with Crippen LogP contribution in [0.4, 0.5) is 0 Å². The molecule has 0 saturated carbocycles. The number of benzene rings is 1. The highest BCUT2D eigenvalue weighted by molar-refractivity contribution is 8.01. The first kappa shape index (κ1) is 27.4. The van der Waals surface area contributed by atoms with Crippen LogP contribution in [-0.2, 0) is 35.2 Å². The summed E-state index contributed by atoms with van der Waals surface area (Å²) in [5.74, 6) is -3.05. The van der Waals surface area contributed by atoms with E-state index in [4.69, 9.17) is 10.5 Å². The summed E-state index contributed by atoms with van der Waals surface area (Å²) in [5.41, 5.74) is 4.80. The molecule has 2 amide bonds. The summed E-state index contributed by atoms with van der Waals surface area (Å²) in [4.78, 5) is 51.1. The lowest BCUT2D eigenvalue weighted by Gasteiger charge is -2.56. The molecule has 0 radical (unpaired) electrons. The second kappa shape index (κ2) is 11.0. The number of ether oxygens (including phenoxy) is 2. The fourth-order valence-corrected chi connectivity index (χ4v) is 6.34. The van der Waals surface area contributed by atoms with Gasteiger partial charge in [0.1, 0.15) is 29.4 Å². The van der Waals surface area contributed by atoms with Crippen molar-refractivity contribution in [1.82, 2.24) is 30.4 Å². The summed E-state index contributed by atoms with van der Waals surface area (Å²) in [5, 5.41) is 32.4. The number of aromatic hydroxyl groups is 1. The van der Waals surface area contributed by atoms with Crippen LogP contribution in [0.25, 0.3) is 0 Å². The fourth-order valence-electron chi connectivity index (χ4n) is 3.89. The Balaban J connectivity index is 1.51. The van der Waals surface area contributed by atoms with E-state index in [9.17, 15) is 29.4 Å². The van der Waals surface area contributed by atoms with Crippen molar-refractivity contribution in [2.24, 2.45) is 5.73 Å². The number of amides is 2. The summed E-state index contributed by atoms with van der Waals surface area (Å²) in [6.45, 7) is -0.222. The quantitative estimate of drug-likeness (QED) is 0.118. The van der Waals surface area contributed by atoms with Gasteiger partial charge in [0.25, 0.3) is 11.6 Å². The highest BCUT2D eigenvalue weighted by atomic mass is 32.2. The molecule has 1 aromatic carbocycles. The molecule has 3 heterocycles. The average Bonchev–Trinajstić information content (AvgIpc) is 3.35. The first-order valence-electron chi connectivity index (χ1n) is 10.9. The number of nitrogens with one attached hydrogen (secondary N) is 1. The molecule has 1 unspecified atom stereocenters. The fraction of sp³-hybridized carbons (Fsp3) is 0.381. The molecule has 2 aromatic rings. The van der Waals surface area contributed by atoms with Crippen molar-refractivity contribution < 1.29 is 38.9 Å². The van der Waals surface area contributed by atoms with Crippen LogP contribution in [0.3, 0.4) is 0 Å². The maximum absolute atomic E-state index is 13.3. The van der Waals surface area contributed by atoms with Gasteiger partial charge in [-0.05, 0) is 33.7 Å². The summed E-state index contributed by atoms with van der Waals surface area (Å²) >= 11 is 2.30. The Hall–Kier alpha value is -3.67. The zero-order chi connectivity index (χ0) is 27.6. The molecule has 2 aliphatic rings. The Bertz CT molecular complexity index is 1300. The van der Waals surface area contributed by atoms with Gasteiger partial charge >= 0.3 is 11.9 Å². The molecule has 3 atom stereocenters. The van der Waals surface area contributed by atoms with Gasteiger partial charge in [-0.2, -0.15) is 0 Å². The average molecular weight is 566 g/mol. The maximum Gasteiger partial charge on any atom is 0.352 e. The second-order valence-corrected chi connectivity index (χ2v) is 10.1. The number of phenols is 1. The van der Waals surface area contributed by atoms with E-state index < -0.39 is 40.9 Å². The van der Waals surface area contributed by atoms with Gasteiger partial charge in [0.2, 0.25) is 11.1 Å². The van der Waals surface area contributed by atoms with Crippen molar-refractivity contribution in [2.45, 2.75) is 28.8 Å². The van der Waals surface area contributed by atoms with Gasteiger partial charge < -0.3 is 30.7 Å². The normalized spacial score (nSPS) is 21.4. The molecular formula is C21H23N7O8S2. The van der Waals surface area contributed by atoms with Crippen LogP contribution in [0.1, 0.15) is 11.6 Å². The minimum absolute atomic E-state index is 0.0000535. The number of fused-ring (bicyclic) bond motifs is 1. The number of hydrogen-bond acceptors (Lipinski definition) is 13. The molecule has 202 valence electrons. The van der Waals surface area contributed by atoms with Crippen LogP contribution in [0.15, 0.2) is 40.7 Å². The minimum Gasteiger partial charge on any atom is -0.508 e. The Morgan fingerprint density at radius 1 is 1.32 bits per heavy atom. The monoisotopic (exact) mass is 565 g/mol. The number of phenolic OH excluding ortho intramolecular Hbond substituents is 1. The van der Waals surface area contributed by atoms with Crippen LogP contribution >= 0.6 is 23.5 Å². The zero-order valence-corrected chi connectivity index (χ0v) is 21.7. The number of aliphatic carboxylic acids is 1. The van der Waals surface area contributed by atoms with Crippen molar-refractivity contribution in [2.75, 3.05) is 25.7 Å². The predicted octanol–water partition coefficient (Wildman–Crippen LogP) is -0.943. The van der Waals surface area contributed by atoms with E-state index in [1.54, 1.807) is 0 Å². The zero-order valence-electron chi connectivity index (χ0n) is 20.1. The van der Waals surface area contributed by atoms with E-state index in [2.05, 4.69) is 25.6 Å². The van der Waals surface area contributed by atoms with Crippen LogP contribution in [0.2, 0.25) is 0 Å². The lowest BCUT2D eigenvalue weighted by Crippen LogP contribution is -2.81. The number of β-lactam (4-membered cyclic amide) rings is 1. The molecule has 15 nitrogen and oxygen atoms in total.